The average Bonchev–Trinajstić information content (AvgIpc) is 3.07. The molecule has 4 rings (SSSR count). The van der Waals surface area contributed by atoms with E-state index in [4.69, 9.17) is 27.9 Å². The summed E-state index contributed by atoms with van der Waals surface area (Å²) in [6, 6.07) is 18.0. The predicted molar refractivity (Wildman–Crippen MR) is 138 cm³/mol. The molecule has 8 heteroatoms. The van der Waals surface area contributed by atoms with Gasteiger partial charge in [0.05, 0.1) is 0 Å². The number of rotatable bonds is 6. The molecule has 180 valence electrons. The molecule has 0 atom stereocenters. The molecule has 5 nitrogen and oxygen atoms in total. The van der Waals surface area contributed by atoms with Gasteiger partial charge in [0.1, 0.15) is 0 Å². The number of alkyl halides is 1. The number of ether oxygens (including phenoxy) is 1. The molecule has 0 aliphatic carbocycles. The number of carbonyl (C=O) groups excluding carboxylic acids is 1. The Morgan fingerprint density at radius 3 is 2.35 bits per heavy atom. The van der Waals surface area contributed by atoms with Crippen molar-refractivity contribution in [2.45, 2.75) is 32.8 Å². The number of amides is 1. The SMILES string of the molecule is C[I-]n1c2ccc(Cl)cc2c2cc(Nc3ccc(Cl)cc3)cc(CCNC(=O)OC(C)(C)C)c21. The number of nitrogens with one attached hydrogen (secondary N) is 2. The molecular weight excluding hydrogens is 584 g/mol. The van der Waals surface area contributed by atoms with Crippen LogP contribution in [0.2, 0.25) is 10.0 Å². The van der Waals surface area contributed by atoms with Crippen LogP contribution < -0.4 is 32.1 Å². The summed E-state index contributed by atoms with van der Waals surface area (Å²) < 4.78 is 7.81. The standard InChI is InChI=1S/C26H27Cl2IN3O2/c1-26(2,3)34-25(33)30-12-11-16-13-20(31-19-8-5-17(27)6-9-19)15-22-21-14-18(28)7-10-23(21)32(29-4)24(16)22/h5-10,13-15,31H,11-12H2,1-4H3,(H,30,33)/q-1. The van der Waals surface area contributed by atoms with Gasteiger partial charge in [-0.2, -0.15) is 0 Å². The van der Waals surface area contributed by atoms with Gasteiger partial charge in [0, 0.05) is 0 Å². The summed E-state index contributed by atoms with van der Waals surface area (Å²) in [5, 5.41) is 10.1. The second-order valence-corrected chi connectivity index (χ2v) is 11.8. The normalized spacial score (nSPS) is 11.8. The van der Waals surface area contributed by atoms with Crippen LogP contribution in [0.3, 0.4) is 0 Å². The van der Waals surface area contributed by atoms with E-state index >= 15 is 0 Å². The molecule has 0 bridgehead atoms. The number of halogens is 3. The Morgan fingerprint density at radius 1 is 0.971 bits per heavy atom. The van der Waals surface area contributed by atoms with E-state index in [9.17, 15) is 4.79 Å². The third-order valence-corrected chi connectivity index (χ3v) is 7.66. The molecule has 3 aromatic carbocycles. The molecule has 34 heavy (non-hydrogen) atoms. The number of aromatic nitrogens is 1. The van der Waals surface area contributed by atoms with E-state index in [-0.39, 0.29) is 21.5 Å². The van der Waals surface area contributed by atoms with E-state index in [2.05, 4.69) is 36.5 Å². The van der Waals surface area contributed by atoms with Crippen LogP contribution in [0.4, 0.5) is 16.2 Å². The number of hydrogen-bond acceptors (Lipinski definition) is 3. The predicted octanol–water partition coefficient (Wildman–Crippen LogP) is 4.39. The molecule has 0 unspecified atom stereocenters. The van der Waals surface area contributed by atoms with Crippen molar-refractivity contribution in [2.75, 3.05) is 16.8 Å². The molecule has 0 radical (unpaired) electrons. The molecule has 1 heterocycles. The van der Waals surface area contributed by atoms with E-state index in [1.54, 1.807) is 0 Å². The summed E-state index contributed by atoms with van der Waals surface area (Å²) >= 11 is 12.2. The van der Waals surface area contributed by atoms with E-state index in [1.807, 2.05) is 57.2 Å². The molecule has 1 aromatic heterocycles. The first kappa shape index (κ1) is 24.9. The first-order chi connectivity index (χ1) is 16.1. The number of hydrogen-bond donors (Lipinski definition) is 2. The van der Waals surface area contributed by atoms with Gasteiger partial charge in [-0.3, -0.25) is 0 Å². The number of nitrogens with zero attached hydrogens (tertiary/aromatic N) is 1. The Kier molecular flexibility index (Phi) is 7.50. The average molecular weight is 611 g/mol. The van der Waals surface area contributed by atoms with E-state index in [0.717, 1.165) is 27.7 Å². The minimum atomic E-state index is -0.530. The summed E-state index contributed by atoms with van der Waals surface area (Å²) in [5.74, 6) is 0. The fraction of sp³-hybridized carbons (Fsp3) is 0.269. The Hall–Kier alpha value is -2.16. The molecule has 4 aromatic rings. The molecule has 0 saturated heterocycles. The summed E-state index contributed by atoms with van der Waals surface area (Å²) in [4.78, 5) is 14.4. The van der Waals surface area contributed by atoms with Gasteiger partial charge in [0.15, 0.2) is 0 Å². The van der Waals surface area contributed by atoms with Crippen LogP contribution in [-0.4, -0.2) is 26.0 Å². The Morgan fingerprint density at radius 2 is 1.68 bits per heavy atom. The van der Waals surface area contributed by atoms with Gasteiger partial charge < -0.3 is 0 Å². The van der Waals surface area contributed by atoms with Crippen LogP contribution in [0.1, 0.15) is 26.3 Å². The van der Waals surface area contributed by atoms with Crippen LogP contribution >= 0.6 is 23.2 Å². The van der Waals surface area contributed by atoms with Gasteiger partial charge in [-0.1, -0.05) is 0 Å². The summed E-state index contributed by atoms with van der Waals surface area (Å²) in [7, 11) is 0. The van der Waals surface area contributed by atoms with Gasteiger partial charge in [-0.25, -0.2) is 0 Å². The quantitative estimate of drug-likeness (QED) is 0.251. The maximum atomic E-state index is 12.2. The van der Waals surface area contributed by atoms with Crippen molar-refractivity contribution >= 4 is 62.5 Å². The van der Waals surface area contributed by atoms with E-state index < -0.39 is 11.7 Å². The van der Waals surface area contributed by atoms with Gasteiger partial charge >= 0.3 is 221 Å². The summed E-state index contributed by atoms with van der Waals surface area (Å²) in [5.41, 5.74) is 4.92. The Bertz CT molecular complexity index is 1340. The van der Waals surface area contributed by atoms with Crippen LogP contribution in [0, 0.1) is 0 Å². The van der Waals surface area contributed by atoms with Gasteiger partial charge in [-0.05, 0) is 0 Å². The molecule has 0 aliphatic heterocycles. The fourth-order valence-corrected chi connectivity index (χ4v) is 6.19. The van der Waals surface area contributed by atoms with E-state index in [1.165, 1.54) is 11.0 Å². The zero-order chi connectivity index (χ0) is 24.5. The van der Waals surface area contributed by atoms with Crippen molar-refractivity contribution < 1.29 is 31.0 Å². The minimum absolute atomic E-state index is 0.268. The van der Waals surface area contributed by atoms with Crippen LogP contribution in [0.5, 0.6) is 0 Å². The van der Waals surface area contributed by atoms with Gasteiger partial charge in [0.2, 0.25) is 0 Å². The van der Waals surface area contributed by atoms with Crippen LogP contribution in [-0.2, 0) is 11.2 Å². The van der Waals surface area contributed by atoms with Crippen LogP contribution in [0.25, 0.3) is 21.8 Å². The number of carbonyl (C=O) groups is 1. The van der Waals surface area contributed by atoms with Crippen LogP contribution in [0.15, 0.2) is 54.6 Å². The molecule has 0 saturated carbocycles. The topological polar surface area (TPSA) is 55.3 Å². The molecule has 0 aliphatic rings. The Balaban J connectivity index is 1.75. The van der Waals surface area contributed by atoms with Crippen molar-refractivity contribution in [1.29, 1.82) is 0 Å². The number of fused-ring (bicyclic) bond motifs is 3. The first-order valence-electron chi connectivity index (χ1n) is 10.9. The number of anilines is 2. The second-order valence-electron chi connectivity index (χ2n) is 8.95. The van der Waals surface area contributed by atoms with Gasteiger partial charge in [-0.15, -0.1) is 0 Å². The zero-order valence-corrected chi connectivity index (χ0v) is 23.2. The van der Waals surface area contributed by atoms with Crippen molar-refractivity contribution in [2.24, 2.45) is 0 Å². The molecule has 0 fully saturated rings. The fourth-order valence-electron chi connectivity index (χ4n) is 3.90. The zero-order valence-electron chi connectivity index (χ0n) is 19.5. The van der Waals surface area contributed by atoms with Crippen molar-refractivity contribution in [3.8, 4) is 0 Å². The third kappa shape index (κ3) is 5.73. The maximum absolute atomic E-state index is 12.2. The first-order valence-corrected chi connectivity index (χ1v) is 14.8. The Labute approximate surface area is 220 Å². The monoisotopic (exact) mass is 610 g/mol. The van der Waals surface area contributed by atoms with Crippen molar-refractivity contribution in [1.82, 2.24) is 8.10 Å². The van der Waals surface area contributed by atoms with Crippen molar-refractivity contribution in [3.05, 3.63) is 70.2 Å². The molecule has 2 N–H and O–H groups in total. The third-order valence-electron chi connectivity index (χ3n) is 5.21. The van der Waals surface area contributed by atoms with Crippen molar-refractivity contribution in [3.63, 3.8) is 0 Å². The molecule has 1 amide bonds. The molecular formula is C26H27Cl2IN3O2-. The molecule has 0 spiro atoms. The summed E-state index contributed by atoms with van der Waals surface area (Å²) in [6.45, 7) is 6.04. The second kappa shape index (κ2) is 10.2. The van der Waals surface area contributed by atoms with E-state index in [0.29, 0.717) is 23.0 Å². The number of benzene rings is 3. The summed E-state index contributed by atoms with van der Waals surface area (Å²) in [6.07, 6.45) is 0.258. The number of alkyl carbamates (subject to hydrolysis) is 1. The van der Waals surface area contributed by atoms with Gasteiger partial charge in [0.25, 0.3) is 0 Å².